The number of nitrogens with one attached hydrogen (secondary N) is 1. The summed E-state index contributed by atoms with van der Waals surface area (Å²) in [5.74, 6) is -0.769. The summed E-state index contributed by atoms with van der Waals surface area (Å²) in [6.45, 7) is 1.59. The number of nitrogens with zero attached hydrogens (tertiary/aromatic N) is 5. The number of anilines is 2. The molecule has 0 aliphatic carbocycles. The van der Waals surface area contributed by atoms with E-state index in [9.17, 15) is 14.4 Å². The molecule has 5 rings (SSSR count). The van der Waals surface area contributed by atoms with Crippen LogP contribution in [0, 0.1) is 0 Å². The molecular weight excluding hydrogens is 432 g/mol. The lowest BCUT2D eigenvalue weighted by Gasteiger charge is -2.48. The van der Waals surface area contributed by atoms with Gasteiger partial charge in [-0.05, 0) is 43.7 Å². The Hall–Kier alpha value is -3.72. The van der Waals surface area contributed by atoms with Crippen LogP contribution < -0.4 is 10.2 Å². The number of carbonyl (C=O) groups is 3. The van der Waals surface area contributed by atoms with Gasteiger partial charge in [-0.2, -0.15) is 5.10 Å². The Morgan fingerprint density at radius 1 is 1.19 bits per heavy atom. The van der Waals surface area contributed by atoms with E-state index in [1.807, 2.05) is 6.92 Å². The van der Waals surface area contributed by atoms with Crippen molar-refractivity contribution >= 4 is 40.7 Å². The van der Waals surface area contributed by atoms with Gasteiger partial charge in [-0.1, -0.05) is 23.7 Å². The number of carbonyl (C=O) groups excluding carboxylic acids is 3. The molecule has 3 aromatic rings. The maximum absolute atomic E-state index is 13.3. The van der Waals surface area contributed by atoms with Crippen molar-refractivity contribution in [1.29, 1.82) is 0 Å². The van der Waals surface area contributed by atoms with Gasteiger partial charge in [-0.3, -0.25) is 19.3 Å². The minimum atomic E-state index is -0.914. The number of hydrogen-bond acceptors (Lipinski definition) is 5. The monoisotopic (exact) mass is 450 g/mol. The highest BCUT2D eigenvalue weighted by Gasteiger charge is 2.53. The van der Waals surface area contributed by atoms with Crippen LogP contribution in [-0.2, 0) is 9.59 Å². The highest BCUT2D eigenvalue weighted by molar-refractivity contribution is 6.31. The van der Waals surface area contributed by atoms with Gasteiger partial charge in [0.2, 0.25) is 11.8 Å². The molecule has 0 radical (unpaired) electrons. The normalized spacial score (nSPS) is 19.7. The van der Waals surface area contributed by atoms with Crippen molar-refractivity contribution in [2.45, 2.75) is 25.4 Å². The zero-order chi connectivity index (χ0) is 22.5. The van der Waals surface area contributed by atoms with Crippen LogP contribution in [0.1, 0.15) is 30.1 Å². The van der Waals surface area contributed by atoms with Crippen LogP contribution in [0.3, 0.4) is 0 Å². The number of fused-ring (bicyclic) bond motifs is 3. The van der Waals surface area contributed by atoms with Gasteiger partial charge in [0.15, 0.2) is 0 Å². The summed E-state index contributed by atoms with van der Waals surface area (Å²) in [5.41, 5.74) is 1.09. The van der Waals surface area contributed by atoms with Crippen molar-refractivity contribution < 1.29 is 14.4 Å². The van der Waals surface area contributed by atoms with Crippen LogP contribution in [0.2, 0.25) is 5.02 Å². The summed E-state index contributed by atoms with van der Waals surface area (Å²) < 4.78 is 1.51. The van der Waals surface area contributed by atoms with Crippen LogP contribution in [0.4, 0.5) is 11.4 Å². The Balaban J connectivity index is 1.46. The maximum Gasteiger partial charge on any atom is 0.258 e. The van der Waals surface area contributed by atoms with Crippen LogP contribution >= 0.6 is 11.6 Å². The molecule has 0 saturated carbocycles. The largest absolute Gasteiger partial charge is 0.323 e. The number of halogens is 1. The van der Waals surface area contributed by atoms with E-state index >= 15 is 0 Å². The second kappa shape index (κ2) is 7.45. The van der Waals surface area contributed by atoms with Gasteiger partial charge < -0.3 is 10.2 Å². The number of amides is 3. The Morgan fingerprint density at radius 3 is 2.78 bits per heavy atom. The minimum absolute atomic E-state index is 0.0684. The summed E-state index contributed by atoms with van der Waals surface area (Å²) >= 11 is 6.14. The summed E-state index contributed by atoms with van der Waals surface area (Å²) in [4.78, 5) is 46.1. The van der Waals surface area contributed by atoms with Crippen molar-refractivity contribution in [2.75, 3.05) is 16.8 Å². The molecule has 3 heterocycles. The van der Waals surface area contributed by atoms with Gasteiger partial charge in [-0.15, -0.1) is 0 Å². The van der Waals surface area contributed by atoms with E-state index in [1.54, 1.807) is 47.4 Å². The molecule has 32 heavy (non-hydrogen) atoms. The van der Waals surface area contributed by atoms with Crippen LogP contribution in [0.25, 0.3) is 5.69 Å². The fraction of sp³-hybridized carbons (Fsp3) is 0.227. The molecular formula is C22H19ClN6O3. The van der Waals surface area contributed by atoms with E-state index in [0.717, 1.165) is 0 Å². The number of para-hydroxylation sites is 1. The van der Waals surface area contributed by atoms with E-state index in [2.05, 4.69) is 15.4 Å². The molecule has 1 N–H and O–H groups in total. The third kappa shape index (κ3) is 3.13. The zero-order valence-corrected chi connectivity index (χ0v) is 17.9. The Labute approximate surface area is 188 Å². The summed E-state index contributed by atoms with van der Waals surface area (Å²) in [5, 5.41) is 7.37. The molecule has 0 bridgehead atoms. The van der Waals surface area contributed by atoms with Crippen molar-refractivity contribution in [3.8, 4) is 5.69 Å². The average molecular weight is 451 g/mol. The van der Waals surface area contributed by atoms with E-state index in [0.29, 0.717) is 40.5 Å². The lowest BCUT2D eigenvalue weighted by atomic mass is 9.98. The topological polar surface area (TPSA) is 100 Å². The quantitative estimate of drug-likeness (QED) is 0.658. The standard InChI is InChI=1S/C22H19ClN6O3/c1-22-9-8-20(31)29(22)17-5-3-2-4-15(17)21(32)27(22)11-19(30)26-16-10-14(23)6-7-18(16)28-13-24-12-25-28/h2-7,10,12-13H,8-9,11H2,1H3,(H,26,30). The predicted molar refractivity (Wildman–Crippen MR) is 118 cm³/mol. The van der Waals surface area contributed by atoms with Gasteiger partial charge in [0.1, 0.15) is 24.9 Å². The zero-order valence-electron chi connectivity index (χ0n) is 17.2. The van der Waals surface area contributed by atoms with Gasteiger partial charge in [-0.25, -0.2) is 9.67 Å². The molecule has 1 saturated heterocycles. The Bertz CT molecular complexity index is 1240. The molecule has 1 atom stereocenters. The van der Waals surface area contributed by atoms with E-state index in [-0.39, 0.29) is 18.4 Å². The fourth-order valence-electron chi connectivity index (χ4n) is 4.42. The van der Waals surface area contributed by atoms with E-state index in [4.69, 9.17) is 11.6 Å². The number of rotatable bonds is 4. The van der Waals surface area contributed by atoms with Crippen molar-refractivity contribution in [3.05, 3.63) is 65.7 Å². The predicted octanol–water partition coefficient (Wildman–Crippen LogP) is 2.86. The summed E-state index contributed by atoms with van der Waals surface area (Å²) in [6, 6.07) is 12.0. The maximum atomic E-state index is 13.3. The molecule has 2 aromatic carbocycles. The van der Waals surface area contributed by atoms with Crippen molar-refractivity contribution in [2.24, 2.45) is 0 Å². The Kier molecular flexibility index (Phi) is 4.70. The molecule has 2 aliphatic rings. The average Bonchev–Trinajstić information content (AvgIpc) is 3.40. The second-order valence-corrected chi connectivity index (χ2v) is 8.34. The Morgan fingerprint density at radius 2 is 2.00 bits per heavy atom. The summed E-state index contributed by atoms with van der Waals surface area (Å²) in [6.07, 6.45) is 3.64. The highest BCUT2D eigenvalue weighted by Crippen LogP contribution is 2.43. The van der Waals surface area contributed by atoms with Gasteiger partial charge in [0.25, 0.3) is 5.91 Å². The second-order valence-electron chi connectivity index (χ2n) is 7.90. The first-order chi connectivity index (χ1) is 15.4. The molecule has 0 spiro atoms. The van der Waals surface area contributed by atoms with E-state index in [1.165, 1.54) is 22.2 Å². The van der Waals surface area contributed by atoms with Gasteiger partial charge >= 0.3 is 0 Å². The smallest absolute Gasteiger partial charge is 0.258 e. The molecule has 3 amide bonds. The van der Waals surface area contributed by atoms with Crippen LogP contribution in [0.15, 0.2) is 55.1 Å². The van der Waals surface area contributed by atoms with Crippen molar-refractivity contribution in [1.82, 2.24) is 19.7 Å². The lowest BCUT2D eigenvalue weighted by Crippen LogP contribution is -2.63. The first-order valence-corrected chi connectivity index (χ1v) is 10.4. The fourth-order valence-corrected chi connectivity index (χ4v) is 4.59. The lowest BCUT2D eigenvalue weighted by molar-refractivity contribution is -0.120. The van der Waals surface area contributed by atoms with Crippen molar-refractivity contribution in [3.63, 3.8) is 0 Å². The molecule has 2 aliphatic heterocycles. The van der Waals surface area contributed by atoms with Crippen LogP contribution in [-0.4, -0.2) is 49.6 Å². The summed E-state index contributed by atoms with van der Waals surface area (Å²) in [7, 11) is 0. The first-order valence-electron chi connectivity index (χ1n) is 10.1. The third-order valence-corrected chi connectivity index (χ3v) is 6.18. The third-order valence-electron chi connectivity index (χ3n) is 5.95. The highest BCUT2D eigenvalue weighted by atomic mass is 35.5. The van der Waals surface area contributed by atoms with Crippen LogP contribution in [0.5, 0.6) is 0 Å². The number of aromatic nitrogens is 3. The molecule has 1 unspecified atom stereocenters. The van der Waals surface area contributed by atoms with Gasteiger partial charge in [0, 0.05) is 11.4 Å². The molecule has 10 heteroatoms. The first kappa shape index (κ1) is 20.2. The van der Waals surface area contributed by atoms with Gasteiger partial charge in [0.05, 0.1) is 22.6 Å². The molecule has 1 fully saturated rings. The van der Waals surface area contributed by atoms with E-state index < -0.39 is 11.6 Å². The molecule has 162 valence electrons. The molecule has 9 nitrogen and oxygen atoms in total. The number of benzene rings is 2. The SMILES string of the molecule is CC12CCC(=O)N1c1ccccc1C(=O)N2CC(=O)Nc1cc(Cl)ccc1-n1cncn1. The number of hydrogen-bond donors (Lipinski definition) is 1. The molecule has 1 aromatic heterocycles. The minimum Gasteiger partial charge on any atom is -0.323 e.